The topological polar surface area (TPSA) is 26.0 Å². The van der Waals surface area contributed by atoms with E-state index in [2.05, 4.69) is 27.7 Å². The average Bonchev–Trinajstić information content (AvgIpc) is 2.01. The molecule has 0 aromatic carbocycles. The third-order valence-electron chi connectivity index (χ3n) is 2.85. The maximum Gasteiger partial charge on any atom is 0.0125 e. The van der Waals surface area contributed by atoms with Crippen molar-refractivity contribution in [1.82, 2.24) is 0 Å². The highest BCUT2D eigenvalue weighted by molar-refractivity contribution is 4.81. The van der Waals surface area contributed by atoms with Gasteiger partial charge >= 0.3 is 0 Å². The van der Waals surface area contributed by atoms with Gasteiger partial charge in [-0.15, -0.1) is 0 Å². The van der Waals surface area contributed by atoms with E-state index in [0.717, 1.165) is 0 Å². The summed E-state index contributed by atoms with van der Waals surface area (Å²) in [5.74, 6) is 0.712. The van der Waals surface area contributed by atoms with Crippen LogP contribution < -0.4 is 5.73 Å². The fraction of sp³-hybridized carbons (Fsp3) is 1.00. The fourth-order valence-electron chi connectivity index (χ4n) is 1.88. The van der Waals surface area contributed by atoms with E-state index in [-0.39, 0.29) is 5.54 Å². The zero-order valence-corrected chi connectivity index (χ0v) is 9.90. The first kappa shape index (κ1) is 13.0. The van der Waals surface area contributed by atoms with Gasteiger partial charge in [0, 0.05) is 5.54 Å². The minimum Gasteiger partial charge on any atom is -0.325 e. The summed E-state index contributed by atoms with van der Waals surface area (Å²) in [5.41, 5.74) is 6.17. The lowest BCUT2D eigenvalue weighted by molar-refractivity contribution is 0.274. The summed E-state index contributed by atoms with van der Waals surface area (Å²) in [6.07, 6.45) is 7.87. The molecule has 80 valence electrons. The van der Waals surface area contributed by atoms with Gasteiger partial charge in [0.15, 0.2) is 0 Å². The number of hydrogen-bond donors (Lipinski definition) is 1. The molecule has 0 radical (unpaired) electrons. The predicted molar refractivity (Wildman–Crippen MR) is 60.8 cm³/mol. The van der Waals surface area contributed by atoms with Gasteiger partial charge in [-0.05, 0) is 32.6 Å². The first-order chi connectivity index (χ1) is 6.02. The molecule has 0 bridgehead atoms. The monoisotopic (exact) mass is 185 g/mol. The van der Waals surface area contributed by atoms with Crippen molar-refractivity contribution in [3.05, 3.63) is 0 Å². The molecule has 0 aromatic heterocycles. The van der Waals surface area contributed by atoms with Crippen LogP contribution in [0.4, 0.5) is 0 Å². The van der Waals surface area contributed by atoms with E-state index in [1.165, 1.54) is 38.5 Å². The number of rotatable bonds is 7. The van der Waals surface area contributed by atoms with Gasteiger partial charge in [-0.1, -0.05) is 39.5 Å². The van der Waals surface area contributed by atoms with Crippen LogP contribution in [0.3, 0.4) is 0 Å². The molecule has 0 saturated carbocycles. The largest absolute Gasteiger partial charge is 0.325 e. The molecule has 0 spiro atoms. The first-order valence-corrected chi connectivity index (χ1v) is 5.81. The molecular weight excluding hydrogens is 158 g/mol. The van der Waals surface area contributed by atoms with E-state index >= 15 is 0 Å². The summed E-state index contributed by atoms with van der Waals surface area (Å²) in [7, 11) is 0. The van der Waals surface area contributed by atoms with Crippen LogP contribution in [0.25, 0.3) is 0 Å². The Kier molecular flexibility index (Phi) is 6.40. The molecule has 0 heterocycles. The Morgan fingerprint density at radius 2 is 1.62 bits per heavy atom. The summed E-state index contributed by atoms with van der Waals surface area (Å²) < 4.78 is 0. The molecule has 1 heteroatoms. The van der Waals surface area contributed by atoms with E-state index in [9.17, 15) is 0 Å². The Bertz CT molecular complexity index is 113. The second kappa shape index (κ2) is 6.42. The Morgan fingerprint density at radius 3 is 2.00 bits per heavy atom. The molecule has 0 saturated heterocycles. The van der Waals surface area contributed by atoms with E-state index in [1.807, 2.05) is 0 Å². The molecule has 0 rings (SSSR count). The maximum absolute atomic E-state index is 6.15. The SMILES string of the molecule is CCCCCC(CCC)C(C)(C)N. The highest BCUT2D eigenvalue weighted by atomic mass is 14.7. The standard InChI is InChI=1S/C12H27N/c1-5-7-8-10-11(9-6-2)12(3,4)13/h11H,5-10,13H2,1-4H3. The van der Waals surface area contributed by atoms with Gasteiger partial charge in [0.05, 0.1) is 0 Å². The molecule has 1 nitrogen and oxygen atoms in total. The zero-order valence-electron chi connectivity index (χ0n) is 9.90. The molecule has 0 amide bonds. The molecule has 2 N–H and O–H groups in total. The van der Waals surface area contributed by atoms with Crippen molar-refractivity contribution >= 4 is 0 Å². The normalized spacial score (nSPS) is 14.5. The number of hydrogen-bond acceptors (Lipinski definition) is 1. The minimum atomic E-state index is 0.0176. The molecule has 0 aliphatic carbocycles. The van der Waals surface area contributed by atoms with E-state index < -0.39 is 0 Å². The molecule has 0 aromatic rings. The minimum absolute atomic E-state index is 0.0176. The van der Waals surface area contributed by atoms with E-state index in [4.69, 9.17) is 5.73 Å². The quantitative estimate of drug-likeness (QED) is 0.601. The molecule has 1 unspecified atom stereocenters. The maximum atomic E-state index is 6.15. The first-order valence-electron chi connectivity index (χ1n) is 5.81. The van der Waals surface area contributed by atoms with Gasteiger partial charge in [0.25, 0.3) is 0 Å². The molecular formula is C12H27N. The van der Waals surface area contributed by atoms with Gasteiger partial charge in [-0.25, -0.2) is 0 Å². The van der Waals surface area contributed by atoms with E-state index in [0.29, 0.717) is 5.92 Å². The van der Waals surface area contributed by atoms with Crippen LogP contribution in [-0.4, -0.2) is 5.54 Å². The molecule has 0 aliphatic rings. The third kappa shape index (κ3) is 6.09. The molecule has 0 fully saturated rings. The van der Waals surface area contributed by atoms with Crippen molar-refractivity contribution in [2.75, 3.05) is 0 Å². The number of nitrogens with two attached hydrogens (primary N) is 1. The third-order valence-corrected chi connectivity index (χ3v) is 2.85. The molecule has 13 heavy (non-hydrogen) atoms. The van der Waals surface area contributed by atoms with Gasteiger partial charge in [0.1, 0.15) is 0 Å². The second-order valence-corrected chi connectivity index (χ2v) is 4.80. The Labute approximate surface area is 84.1 Å². The summed E-state index contributed by atoms with van der Waals surface area (Å²) in [6, 6.07) is 0. The summed E-state index contributed by atoms with van der Waals surface area (Å²) in [6.45, 7) is 8.83. The van der Waals surface area contributed by atoms with Crippen LogP contribution in [0.5, 0.6) is 0 Å². The molecule has 0 aliphatic heterocycles. The summed E-state index contributed by atoms with van der Waals surface area (Å²) in [4.78, 5) is 0. The van der Waals surface area contributed by atoms with Crippen molar-refractivity contribution in [3.8, 4) is 0 Å². The lowest BCUT2D eigenvalue weighted by Crippen LogP contribution is -2.40. The molecule has 1 atom stereocenters. The zero-order chi connectivity index (χ0) is 10.3. The summed E-state index contributed by atoms with van der Waals surface area (Å²) >= 11 is 0. The van der Waals surface area contributed by atoms with Gasteiger partial charge in [0.2, 0.25) is 0 Å². The highest BCUT2D eigenvalue weighted by Gasteiger charge is 2.23. The van der Waals surface area contributed by atoms with E-state index in [1.54, 1.807) is 0 Å². The van der Waals surface area contributed by atoms with Gasteiger partial charge in [-0.3, -0.25) is 0 Å². The second-order valence-electron chi connectivity index (χ2n) is 4.80. The van der Waals surface area contributed by atoms with Gasteiger partial charge < -0.3 is 5.73 Å². The predicted octanol–water partition coefficient (Wildman–Crippen LogP) is 3.72. The Hall–Kier alpha value is -0.0400. The van der Waals surface area contributed by atoms with Crippen LogP contribution in [0, 0.1) is 5.92 Å². The Balaban J connectivity index is 3.81. The van der Waals surface area contributed by atoms with Crippen LogP contribution in [0.1, 0.15) is 66.2 Å². The summed E-state index contributed by atoms with van der Waals surface area (Å²) in [5, 5.41) is 0. The average molecular weight is 185 g/mol. The lowest BCUT2D eigenvalue weighted by Gasteiger charge is -2.30. The number of unbranched alkanes of at least 4 members (excludes halogenated alkanes) is 2. The lowest BCUT2D eigenvalue weighted by atomic mass is 9.81. The van der Waals surface area contributed by atoms with Crippen molar-refractivity contribution in [1.29, 1.82) is 0 Å². The van der Waals surface area contributed by atoms with Crippen LogP contribution in [-0.2, 0) is 0 Å². The van der Waals surface area contributed by atoms with Gasteiger partial charge in [-0.2, -0.15) is 0 Å². The Morgan fingerprint density at radius 1 is 1.00 bits per heavy atom. The van der Waals surface area contributed by atoms with Crippen LogP contribution >= 0.6 is 0 Å². The smallest absolute Gasteiger partial charge is 0.0125 e. The van der Waals surface area contributed by atoms with Crippen molar-refractivity contribution < 1.29 is 0 Å². The van der Waals surface area contributed by atoms with Crippen molar-refractivity contribution in [2.45, 2.75) is 71.8 Å². The van der Waals surface area contributed by atoms with Crippen LogP contribution in [0.15, 0.2) is 0 Å². The van der Waals surface area contributed by atoms with Crippen LogP contribution in [0.2, 0.25) is 0 Å². The highest BCUT2D eigenvalue weighted by Crippen LogP contribution is 2.25. The van der Waals surface area contributed by atoms with Crippen molar-refractivity contribution in [3.63, 3.8) is 0 Å². The fourth-order valence-corrected chi connectivity index (χ4v) is 1.88. The van der Waals surface area contributed by atoms with Crippen molar-refractivity contribution in [2.24, 2.45) is 11.7 Å².